The third kappa shape index (κ3) is 2.30. The highest BCUT2D eigenvalue weighted by molar-refractivity contribution is 14.1. The van der Waals surface area contributed by atoms with Gasteiger partial charge in [0, 0.05) is 3.57 Å². The van der Waals surface area contributed by atoms with E-state index in [2.05, 4.69) is 65.9 Å². The minimum absolute atomic E-state index is 0.139. The molecule has 0 amide bonds. The third-order valence-electron chi connectivity index (χ3n) is 3.19. The Morgan fingerprint density at radius 3 is 2.88 bits per heavy atom. The van der Waals surface area contributed by atoms with Crippen molar-refractivity contribution >= 4 is 22.6 Å². The minimum Gasteiger partial charge on any atom is -0.198 e. The first-order valence-corrected chi connectivity index (χ1v) is 6.60. The number of nitriles is 1. The summed E-state index contributed by atoms with van der Waals surface area (Å²) in [4.78, 5) is 0. The highest BCUT2D eigenvalue weighted by Crippen LogP contribution is 2.29. The maximum atomic E-state index is 9.20. The number of rotatable bonds is 3. The number of benzene rings is 1. The van der Waals surface area contributed by atoms with Gasteiger partial charge in [0.1, 0.15) is 0 Å². The van der Waals surface area contributed by atoms with E-state index in [0.29, 0.717) is 5.92 Å². The molecule has 0 N–H and O–H groups in total. The Morgan fingerprint density at radius 1 is 1.56 bits per heavy atom. The predicted octanol–water partition coefficient (Wildman–Crippen LogP) is 3.86. The third-order valence-corrected chi connectivity index (χ3v) is 4.73. The molecule has 1 aliphatic rings. The summed E-state index contributed by atoms with van der Waals surface area (Å²) in [7, 11) is 0. The van der Waals surface area contributed by atoms with Gasteiger partial charge in [-0.05, 0) is 59.4 Å². The van der Waals surface area contributed by atoms with Crippen LogP contribution in [-0.2, 0) is 6.42 Å². The van der Waals surface area contributed by atoms with Gasteiger partial charge in [-0.25, -0.2) is 0 Å². The fraction of sp³-hybridized carbons (Fsp3) is 0.357. The van der Waals surface area contributed by atoms with Crippen molar-refractivity contribution in [3.05, 3.63) is 45.0 Å². The number of nitrogens with zero attached hydrogens (tertiary/aromatic N) is 1. The van der Waals surface area contributed by atoms with Crippen molar-refractivity contribution in [3.63, 3.8) is 0 Å². The Balaban J connectivity index is 2.16. The monoisotopic (exact) mass is 323 g/mol. The molecule has 1 aromatic carbocycles. The Hall–Kier alpha value is -0.820. The molecule has 1 aromatic rings. The van der Waals surface area contributed by atoms with Gasteiger partial charge in [0.25, 0.3) is 0 Å². The fourth-order valence-corrected chi connectivity index (χ4v) is 2.57. The molecule has 1 aliphatic carbocycles. The molecule has 0 spiro atoms. The van der Waals surface area contributed by atoms with Crippen LogP contribution in [0, 0.1) is 33.7 Å². The lowest BCUT2D eigenvalue weighted by Crippen LogP contribution is -2.18. The first-order valence-electron chi connectivity index (χ1n) is 5.52. The Kier molecular flexibility index (Phi) is 3.65. The maximum Gasteiger partial charge on any atom is 0.0665 e. The SMILES string of the molecule is Cc1cccc(CC(C#N)C2C=CC2)c1I. The zero-order valence-corrected chi connectivity index (χ0v) is 11.4. The van der Waals surface area contributed by atoms with Crippen LogP contribution in [0.2, 0.25) is 0 Å². The van der Waals surface area contributed by atoms with Crippen molar-refractivity contribution in [2.45, 2.75) is 19.8 Å². The summed E-state index contributed by atoms with van der Waals surface area (Å²) in [5.41, 5.74) is 2.62. The summed E-state index contributed by atoms with van der Waals surface area (Å²) in [6, 6.07) is 8.79. The number of halogens is 1. The molecular formula is C14H14IN. The smallest absolute Gasteiger partial charge is 0.0665 e. The van der Waals surface area contributed by atoms with E-state index in [1.807, 2.05) is 0 Å². The van der Waals surface area contributed by atoms with Gasteiger partial charge in [-0.1, -0.05) is 30.4 Å². The zero-order valence-electron chi connectivity index (χ0n) is 9.28. The van der Waals surface area contributed by atoms with Crippen molar-refractivity contribution in [3.8, 4) is 6.07 Å². The van der Waals surface area contributed by atoms with Crippen LogP contribution in [0.25, 0.3) is 0 Å². The Labute approximate surface area is 110 Å². The molecule has 0 aliphatic heterocycles. The van der Waals surface area contributed by atoms with E-state index in [-0.39, 0.29) is 5.92 Å². The lowest BCUT2D eigenvalue weighted by Gasteiger charge is -2.23. The number of hydrogen-bond donors (Lipinski definition) is 0. The number of hydrogen-bond acceptors (Lipinski definition) is 1. The molecule has 0 saturated heterocycles. The fourth-order valence-electron chi connectivity index (χ4n) is 1.99. The van der Waals surface area contributed by atoms with Crippen molar-refractivity contribution < 1.29 is 0 Å². The highest BCUT2D eigenvalue weighted by atomic mass is 127. The van der Waals surface area contributed by atoms with E-state index in [1.54, 1.807) is 0 Å². The standard InChI is InChI=1S/C14H14IN/c1-10-4-2-7-12(14(10)15)8-13(9-16)11-5-3-6-11/h2-5,7,11,13H,6,8H2,1H3. The molecule has 2 rings (SSSR count). The molecule has 0 fully saturated rings. The average molecular weight is 323 g/mol. The summed E-state index contributed by atoms with van der Waals surface area (Å²) in [5, 5.41) is 9.20. The molecule has 0 bridgehead atoms. The van der Waals surface area contributed by atoms with Crippen LogP contribution in [-0.4, -0.2) is 0 Å². The molecule has 0 heterocycles. The summed E-state index contributed by atoms with van der Waals surface area (Å²) in [6.45, 7) is 2.12. The molecular weight excluding hydrogens is 309 g/mol. The van der Waals surface area contributed by atoms with Crippen LogP contribution in [0.3, 0.4) is 0 Å². The summed E-state index contributed by atoms with van der Waals surface area (Å²) >= 11 is 2.38. The van der Waals surface area contributed by atoms with Gasteiger partial charge in [-0.3, -0.25) is 0 Å². The lowest BCUT2D eigenvalue weighted by molar-refractivity contribution is 0.455. The molecule has 0 radical (unpaired) electrons. The molecule has 2 unspecified atom stereocenters. The molecule has 82 valence electrons. The van der Waals surface area contributed by atoms with Crippen LogP contribution < -0.4 is 0 Å². The average Bonchev–Trinajstić information content (AvgIpc) is 2.21. The van der Waals surface area contributed by atoms with Crippen LogP contribution in [0.4, 0.5) is 0 Å². The minimum atomic E-state index is 0.139. The van der Waals surface area contributed by atoms with Gasteiger partial charge in [0.15, 0.2) is 0 Å². The van der Waals surface area contributed by atoms with Gasteiger partial charge in [-0.2, -0.15) is 5.26 Å². The maximum absolute atomic E-state index is 9.20. The van der Waals surface area contributed by atoms with Gasteiger partial charge in [-0.15, -0.1) is 0 Å². The topological polar surface area (TPSA) is 23.8 Å². The van der Waals surface area contributed by atoms with Crippen molar-refractivity contribution in [1.29, 1.82) is 5.26 Å². The largest absolute Gasteiger partial charge is 0.198 e. The van der Waals surface area contributed by atoms with Crippen molar-refractivity contribution in [2.75, 3.05) is 0 Å². The van der Waals surface area contributed by atoms with Crippen molar-refractivity contribution in [1.82, 2.24) is 0 Å². The molecule has 1 nitrogen and oxygen atoms in total. The van der Waals surface area contributed by atoms with Gasteiger partial charge in [0.2, 0.25) is 0 Å². The Morgan fingerprint density at radius 2 is 2.31 bits per heavy atom. The second kappa shape index (κ2) is 5.01. The van der Waals surface area contributed by atoms with Crippen LogP contribution in [0.5, 0.6) is 0 Å². The Bertz CT molecular complexity index is 456. The quantitative estimate of drug-likeness (QED) is 0.612. The van der Waals surface area contributed by atoms with E-state index in [0.717, 1.165) is 12.8 Å². The van der Waals surface area contributed by atoms with Crippen molar-refractivity contribution in [2.24, 2.45) is 11.8 Å². The van der Waals surface area contributed by atoms with Gasteiger partial charge in [0.05, 0.1) is 12.0 Å². The van der Waals surface area contributed by atoms with E-state index >= 15 is 0 Å². The zero-order chi connectivity index (χ0) is 11.5. The normalized spacial score (nSPS) is 19.9. The molecule has 2 heteroatoms. The molecule has 16 heavy (non-hydrogen) atoms. The number of aryl methyl sites for hydroxylation is 1. The van der Waals surface area contributed by atoms with Gasteiger partial charge < -0.3 is 0 Å². The van der Waals surface area contributed by atoms with Gasteiger partial charge >= 0.3 is 0 Å². The molecule has 2 atom stereocenters. The summed E-state index contributed by atoms with van der Waals surface area (Å²) in [6.07, 6.45) is 6.26. The number of allylic oxidation sites excluding steroid dienone is 2. The van der Waals surface area contributed by atoms with Crippen LogP contribution in [0.1, 0.15) is 17.5 Å². The first kappa shape index (κ1) is 11.7. The van der Waals surface area contributed by atoms with E-state index in [1.165, 1.54) is 14.7 Å². The highest BCUT2D eigenvalue weighted by Gasteiger charge is 2.23. The summed E-state index contributed by atoms with van der Waals surface area (Å²) in [5.74, 6) is 0.613. The van der Waals surface area contributed by atoms with Crippen LogP contribution in [0.15, 0.2) is 30.4 Å². The van der Waals surface area contributed by atoms with E-state index in [4.69, 9.17) is 0 Å². The lowest BCUT2D eigenvalue weighted by atomic mass is 9.80. The molecule has 0 saturated carbocycles. The van der Waals surface area contributed by atoms with Crippen LogP contribution >= 0.6 is 22.6 Å². The second-order valence-electron chi connectivity index (χ2n) is 4.32. The van der Waals surface area contributed by atoms with E-state index < -0.39 is 0 Å². The second-order valence-corrected chi connectivity index (χ2v) is 5.39. The summed E-state index contributed by atoms with van der Waals surface area (Å²) < 4.78 is 1.31. The first-order chi connectivity index (χ1) is 7.72. The van der Waals surface area contributed by atoms with E-state index in [9.17, 15) is 5.26 Å². The predicted molar refractivity (Wildman–Crippen MR) is 74.0 cm³/mol. The molecule has 0 aromatic heterocycles.